The van der Waals surface area contributed by atoms with Gasteiger partial charge in [-0.1, -0.05) is 30.3 Å². The van der Waals surface area contributed by atoms with Crippen molar-refractivity contribution in [2.75, 3.05) is 19.6 Å². The molecule has 3 nitrogen and oxygen atoms in total. The molecule has 0 N–H and O–H groups in total. The quantitative estimate of drug-likeness (QED) is 0.514. The van der Waals surface area contributed by atoms with Crippen LogP contribution >= 0.6 is 0 Å². The number of Topliss-reactive ketones (excluding diaryl/α,β-unsaturated/α-hetero) is 1. The molecule has 0 atom stereocenters. The van der Waals surface area contributed by atoms with Crippen LogP contribution < -0.4 is 0 Å². The lowest BCUT2D eigenvalue weighted by molar-refractivity contribution is 0.0964. The standard InChI is InChI=1S/C25H29FN2O/c1-27-18-23(22-7-2-3-8-24(22)27)25(29)10-9-19-11-14-28(15-12-19)16-13-20-5-4-6-21(26)17-20/h2-8,17-19H,9-16H2,1H3. The van der Waals surface area contributed by atoms with E-state index in [1.807, 2.05) is 42.1 Å². The van der Waals surface area contributed by atoms with Crippen molar-refractivity contribution in [3.05, 3.63) is 71.7 Å². The van der Waals surface area contributed by atoms with Crippen LogP contribution in [0.4, 0.5) is 4.39 Å². The van der Waals surface area contributed by atoms with Gasteiger partial charge in [-0.25, -0.2) is 4.39 Å². The fourth-order valence-electron chi connectivity index (χ4n) is 4.51. The molecule has 0 aliphatic carbocycles. The molecule has 4 heteroatoms. The van der Waals surface area contributed by atoms with Gasteiger partial charge in [0.1, 0.15) is 5.82 Å². The van der Waals surface area contributed by atoms with Crippen molar-refractivity contribution >= 4 is 16.7 Å². The van der Waals surface area contributed by atoms with Crippen LogP contribution in [0, 0.1) is 11.7 Å². The Bertz CT molecular complexity index is 985. The van der Waals surface area contributed by atoms with Gasteiger partial charge in [-0.3, -0.25) is 4.79 Å². The number of likely N-dealkylation sites (tertiary alicyclic amines) is 1. The molecule has 0 radical (unpaired) electrons. The van der Waals surface area contributed by atoms with E-state index in [-0.39, 0.29) is 11.6 Å². The Morgan fingerprint density at radius 3 is 2.69 bits per heavy atom. The summed E-state index contributed by atoms with van der Waals surface area (Å²) in [5.74, 6) is 0.728. The molecule has 4 rings (SSSR count). The molecule has 152 valence electrons. The Morgan fingerprint density at radius 1 is 1.10 bits per heavy atom. The fourth-order valence-corrected chi connectivity index (χ4v) is 4.51. The van der Waals surface area contributed by atoms with Crippen LogP contribution in [0.15, 0.2) is 54.7 Å². The number of hydrogen-bond donors (Lipinski definition) is 0. The van der Waals surface area contributed by atoms with Crippen molar-refractivity contribution < 1.29 is 9.18 Å². The monoisotopic (exact) mass is 392 g/mol. The Morgan fingerprint density at radius 2 is 1.90 bits per heavy atom. The summed E-state index contributed by atoms with van der Waals surface area (Å²) in [5, 5.41) is 1.06. The molecule has 1 saturated heterocycles. The minimum atomic E-state index is -0.155. The first kappa shape index (κ1) is 19.8. The molecule has 0 amide bonds. The number of hydrogen-bond acceptors (Lipinski definition) is 2. The zero-order chi connectivity index (χ0) is 20.2. The van der Waals surface area contributed by atoms with Gasteiger partial charge in [-0.05, 0) is 68.5 Å². The van der Waals surface area contributed by atoms with Gasteiger partial charge in [0.25, 0.3) is 0 Å². The van der Waals surface area contributed by atoms with Crippen LogP contribution in [0.25, 0.3) is 10.9 Å². The molecule has 2 heterocycles. The average Bonchev–Trinajstić information content (AvgIpc) is 3.08. The molecule has 29 heavy (non-hydrogen) atoms. The van der Waals surface area contributed by atoms with Crippen molar-refractivity contribution in [1.29, 1.82) is 0 Å². The summed E-state index contributed by atoms with van der Waals surface area (Å²) in [5.41, 5.74) is 3.03. The van der Waals surface area contributed by atoms with Crippen molar-refractivity contribution in [1.82, 2.24) is 9.47 Å². The third kappa shape index (κ3) is 4.76. The highest BCUT2D eigenvalue weighted by Crippen LogP contribution is 2.26. The summed E-state index contributed by atoms with van der Waals surface area (Å²) in [6.07, 6.45) is 6.75. The number of piperidine rings is 1. The van der Waals surface area contributed by atoms with Gasteiger partial charge in [-0.2, -0.15) is 0 Å². The van der Waals surface area contributed by atoms with Gasteiger partial charge >= 0.3 is 0 Å². The van der Waals surface area contributed by atoms with E-state index in [0.29, 0.717) is 12.3 Å². The number of para-hydroxylation sites is 1. The van der Waals surface area contributed by atoms with Crippen LogP contribution in [-0.4, -0.2) is 34.9 Å². The van der Waals surface area contributed by atoms with E-state index >= 15 is 0 Å². The highest BCUT2D eigenvalue weighted by atomic mass is 19.1. The largest absolute Gasteiger partial charge is 0.350 e. The SMILES string of the molecule is Cn1cc(C(=O)CCC2CCN(CCc3cccc(F)c3)CC2)c2ccccc21. The van der Waals surface area contributed by atoms with Crippen LogP contribution in [0.2, 0.25) is 0 Å². The number of aromatic nitrogens is 1. The third-order valence-electron chi connectivity index (χ3n) is 6.29. The van der Waals surface area contributed by atoms with Gasteiger partial charge in [-0.15, -0.1) is 0 Å². The number of rotatable bonds is 7. The summed E-state index contributed by atoms with van der Waals surface area (Å²) in [6.45, 7) is 3.12. The minimum absolute atomic E-state index is 0.155. The van der Waals surface area contributed by atoms with Crippen molar-refractivity contribution in [3.63, 3.8) is 0 Å². The number of halogens is 1. The van der Waals surface area contributed by atoms with E-state index in [0.717, 1.165) is 67.3 Å². The lowest BCUT2D eigenvalue weighted by Crippen LogP contribution is -2.35. The molecule has 0 bridgehead atoms. The normalized spacial score (nSPS) is 15.8. The molecule has 1 fully saturated rings. The van der Waals surface area contributed by atoms with Crippen molar-refractivity contribution in [2.45, 2.75) is 32.1 Å². The number of fused-ring (bicyclic) bond motifs is 1. The average molecular weight is 393 g/mol. The molecule has 0 spiro atoms. The molecular formula is C25H29FN2O. The van der Waals surface area contributed by atoms with E-state index in [2.05, 4.69) is 11.0 Å². The second-order valence-electron chi connectivity index (χ2n) is 8.30. The van der Waals surface area contributed by atoms with E-state index in [1.54, 1.807) is 12.1 Å². The summed E-state index contributed by atoms with van der Waals surface area (Å²) in [6, 6.07) is 15.0. The summed E-state index contributed by atoms with van der Waals surface area (Å²) >= 11 is 0. The van der Waals surface area contributed by atoms with Crippen LogP contribution in [0.3, 0.4) is 0 Å². The molecule has 1 aliphatic rings. The number of carbonyl (C=O) groups excluding carboxylic acids is 1. The first-order chi connectivity index (χ1) is 14.1. The molecule has 1 aromatic heterocycles. The van der Waals surface area contributed by atoms with Crippen molar-refractivity contribution in [2.24, 2.45) is 13.0 Å². The van der Waals surface area contributed by atoms with E-state index < -0.39 is 0 Å². The predicted octanol–water partition coefficient (Wildman–Crippen LogP) is 5.24. The van der Waals surface area contributed by atoms with Crippen molar-refractivity contribution in [3.8, 4) is 0 Å². The maximum absolute atomic E-state index is 13.3. The highest BCUT2D eigenvalue weighted by Gasteiger charge is 2.21. The Kier molecular flexibility index (Phi) is 6.10. The summed E-state index contributed by atoms with van der Waals surface area (Å²) in [4.78, 5) is 15.3. The molecule has 0 saturated carbocycles. The number of nitrogens with zero attached hydrogens (tertiary/aromatic N) is 2. The zero-order valence-corrected chi connectivity index (χ0v) is 17.1. The third-order valence-corrected chi connectivity index (χ3v) is 6.29. The zero-order valence-electron chi connectivity index (χ0n) is 17.1. The number of aryl methyl sites for hydroxylation is 1. The van der Waals surface area contributed by atoms with Gasteiger partial charge in [0.05, 0.1) is 0 Å². The Balaban J connectivity index is 1.24. The lowest BCUT2D eigenvalue weighted by atomic mass is 9.90. The molecule has 2 aromatic carbocycles. The van der Waals surface area contributed by atoms with E-state index in [1.165, 1.54) is 6.07 Å². The molecule has 3 aromatic rings. The van der Waals surface area contributed by atoms with Gasteiger partial charge in [0, 0.05) is 42.7 Å². The number of benzene rings is 2. The van der Waals surface area contributed by atoms with Crippen LogP contribution in [0.1, 0.15) is 41.6 Å². The topological polar surface area (TPSA) is 25.2 Å². The Hall–Kier alpha value is -2.46. The fraction of sp³-hybridized carbons (Fsp3) is 0.400. The smallest absolute Gasteiger partial charge is 0.165 e. The second-order valence-corrected chi connectivity index (χ2v) is 8.30. The maximum atomic E-state index is 13.3. The highest BCUT2D eigenvalue weighted by molar-refractivity contribution is 6.08. The Labute approximate surface area is 172 Å². The molecular weight excluding hydrogens is 363 g/mol. The van der Waals surface area contributed by atoms with Gasteiger partial charge in [0.15, 0.2) is 5.78 Å². The first-order valence-corrected chi connectivity index (χ1v) is 10.6. The minimum Gasteiger partial charge on any atom is -0.350 e. The maximum Gasteiger partial charge on any atom is 0.165 e. The number of ketones is 1. The summed E-state index contributed by atoms with van der Waals surface area (Å²) in [7, 11) is 2.00. The first-order valence-electron chi connectivity index (χ1n) is 10.6. The van der Waals surface area contributed by atoms with E-state index in [4.69, 9.17) is 0 Å². The lowest BCUT2D eigenvalue weighted by Gasteiger charge is -2.31. The van der Waals surface area contributed by atoms with E-state index in [9.17, 15) is 9.18 Å². The van der Waals surface area contributed by atoms with Crippen LogP contribution in [0.5, 0.6) is 0 Å². The van der Waals surface area contributed by atoms with Gasteiger partial charge < -0.3 is 9.47 Å². The molecule has 1 aliphatic heterocycles. The van der Waals surface area contributed by atoms with Gasteiger partial charge in [0.2, 0.25) is 0 Å². The van der Waals surface area contributed by atoms with Crippen LogP contribution in [-0.2, 0) is 13.5 Å². The second kappa shape index (κ2) is 8.91. The summed E-state index contributed by atoms with van der Waals surface area (Å²) < 4.78 is 15.3. The predicted molar refractivity (Wildman–Crippen MR) is 116 cm³/mol. The molecule has 0 unspecified atom stereocenters. The number of carbonyl (C=O) groups is 1.